The minimum atomic E-state index is 1.03. The first-order valence-electron chi connectivity index (χ1n) is 1.79. The fourth-order valence-electron chi connectivity index (χ4n) is 0. The highest BCUT2D eigenvalue weighted by Crippen LogP contribution is 1.52. The highest BCUT2D eigenvalue weighted by molar-refractivity contribution is 5.13. The normalized spacial score (nSPS) is 7.60. The van der Waals surface area contributed by atoms with Gasteiger partial charge in [0.1, 0.15) is 20.3 Å². The van der Waals surface area contributed by atoms with E-state index in [1.54, 1.807) is 0 Å². The van der Waals surface area contributed by atoms with Crippen molar-refractivity contribution in [3.05, 3.63) is 0 Å². The molecular weight excluding hydrogens is 62.1 g/mol. The summed E-state index contributed by atoms with van der Waals surface area (Å²) >= 11 is 0. The van der Waals surface area contributed by atoms with Gasteiger partial charge in [-0.05, 0) is 6.92 Å². The van der Waals surface area contributed by atoms with Gasteiger partial charge in [0.05, 0.1) is 0 Å². The Labute approximate surface area is 32.9 Å². The summed E-state index contributed by atoms with van der Waals surface area (Å²) in [5, 5.41) is 0. The molecule has 0 aliphatic carbocycles. The molecule has 0 bridgehead atoms. The first-order valence-corrected chi connectivity index (χ1v) is 1.79. The fraction of sp³-hybridized carbons (Fsp3) is 0.750. The molecule has 0 rings (SSSR count). The Morgan fingerprint density at radius 1 is 1.80 bits per heavy atom. The third-order valence-corrected chi connectivity index (χ3v) is 0.540. The summed E-state index contributed by atoms with van der Waals surface area (Å²) in [5.74, 6) is 0. The van der Waals surface area contributed by atoms with Gasteiger partial charge in [0.2, 0.25) is 0 Å². The molecule has 0 fully saturated rings. The van der Waals surface area contributed by atoms with Crippen molar-refractivity contribution < 1.29 is 4.58 Å². The second-order valence-corrected chi connectivity index (χ2v) is 1.17. The van der Waals surface area contributed by atoms with Crippen molar-refractivity contribution in [3.63, 3.8) is 0 Å². The molecule has 0 N–H and O–H groups in total. The van der Waals surface area contributed by atoms with Gasteiger partial charge in [-0.15, -0.1) is 0 Å². The largest absolute Gasteiger partial charge is 0.245 e. The Morgan fingerprint density at radius 2 is 2.00 bits per heavy atom. The third kappa shape index (κ3) is 3.67. The van der Waals surface area contributed by atoms with Crippen LogP contribution >= 0.6 is 0 Å². The molecule has 30 valence electrons. The minimum Gasteiger partial charge on any atom is -0.245 e. The first-order chi connectivity index (χ1) is 2.27. The monoisotopic (exact) mass is 72.1 g/mol. The maximum atomic E-state index is 3.59. The van der Waals surface area contributed by atoms with E-state index in [-0.39, 0.29) is 0 Å². The molecule has 0 heterocycles. The van der Waals surface area contributed by atoms with Crippen molar-refractivity contribution in [2.24, 2.45) is 0 Å². The molecule has 1 nitrogen and oxygen atoms in total. The molecule has 0 aromatic heterocycles. The smallest absolute Gasteiger partial charge is 0.139 e. The van der Waals surface area contributed by atoms with Gasteiger partial charge in [0.15, 0.2) is 0 Å². The number of nitrogens with zero attached hydrogens (tertiary/aromatic N) is 1. The van der Waals surface area contributed by atoms with Crippen molar-refractivity contribution >= 4 is 6.72 Å². The fourth-order valence-corrected chi connectivity index (χ4v) is 0. The Hall–Kier alpha value is -0.330. The first kappa shape index (κ1) is 4.67. The Balaban J connectivity index is 2.85. The molecule has 0 saturated carbocycles. The van der Waals surface area contributed by atoms with Crippen LogP contribution in [0.1, 0.15) is 6.92 Å². The van der Waals surface area contributed by atoms with Crippen LogP contribution in [0.25, 0.3) is 0 Å². The summed E-state index contributed by atoms with van der Waals surface area (Å²) in [5.41, 5.74) is 0. The van der Waals surface area contributed by atoms with Gasteiger partial charge in [-0.3, -0.25) is 0 Å². The van der Waals surface area contributed by atoms with Crippen LogP contribution in [0.5, 0.6) is 0 Å². The van der Waals surface area contributed by atoms with E-state index >= 15 is 0 Å². The van der Waals surface area contributed by atoms with E-state index in [2.05, 4.69) is 13.6 Å². The summed E-state index contributed by atoms with van der Waals surface area (Å²) < 4.78 is 1.88. The molecule has 1 heteroatoms. The highest BCUT2D eigenvalue weighted by atomic mass is 14.9. The van der Waals surface area contributed by atoms with Crippen LogP contribution in [-0.2, 0) is 0 Å². The van der Waals surface area contributed by atoms with Crippen LogP contribution in [0.2, 0.25) is 0 Å². The van der Waals surface area contributed by atoms with Gasteiger partial charge in [-0.2, -0.15) is 0 Å². The van der Waals surface area contributed by atoms with E-state index in [4.69, 9.17) is 0 Å². The average molecular weight is 72.1 g/mol. The van der Waals surface area contributed by atoms with Crippen LogP contribution < -0.4 is 0 Å². The third-order valence-electron chi connectivity index (χ3n) is 0.540. The van der Waals surface area contributed by atoms with Crippen molar-refractivity contribution in [1.82, 2.24) is 0 Å². The van der Waals surface area contributed by atoms with Gasteiger partial charge in [0.25, 0.3) is 0 Å². The Kier molecular flexibility index (Phi) is 1.81. The molecule has 0 amide bonds. The van der Waals surface area contributed by atoms with Crippen LogP contribution in [0, 0.1) is 0 Å². The SMILES string of the molecule is C=[N+](C)CC. The van der Waals surface area contributed by atoms with Crippen LogP contribution in [0.3, 0.4) is 0 Å². The molecule has 0 unspecified atom stereocenters. The van der Waals surface area contributed by atoms with Crippen LogP contribution in [0.15, 0.2) is 0 Å². The average Bonchev–Trinajstić information content (AvgIpc) is 1.38. The number of rotatable bonds is 1. The molecule has 5 heavy (non-hydrogen) atoms. The quantitative estimate of drug-likeness (QED) is 0.310. The molecule has 0 saturated heterocycles. The standard InChI is InChI=1S/C4H10N/c1-4-5(2)3/h2,4H2,1,3H3/q+1. The molecule has 0 aliphatic rings. The summed E-state index contributed by atoms with van der Waals surface area (Å²) in [4.78, 5) is 0. The van der Waals surface area contributed by atoms with Gasteiger partial charge in [-0.25, -0.2) is 4.58 Å². The summed E-state index contributed by atoms with van der Waals surface area (Å²) in [6.07, 6.45) is 0. The van der Waals surface area contributed by atoms with Gasteiger partial charge in [0, 0.05) is 0 Å². The lowest BCUT2D eigenvalue weighted by molar-refractivity contribution is -0.484. The van der Waals surface area contributed by atoms with Gasteiger partial charge >= 0.3 is 0 Å². The lowest BCUT2D eigenvalue weighted by atomic mass is 10.7. The van der Waals surface area contributed by atoms with Gasteiger partial charge < -0.3 is 0 Å². The summed E-state index contributed by atoms with van der Waals surface area (Å²) in [6.45, 7) is 6.68. The lowest BCUT2D eigenvalue weighted by Gasteiger charge is -1.77. The minimum absolute atomic E-state index is 1.03. The zero-order chi connectivity index (χ0) is 4.28. The highest BCUT2D eigenvalue weighted by Gasteiger charge is 1.71. The summed E-state index contributed by atoms with van der Waals surface area (Å²) in [6, 6.07) is 0. The predicted octanol–water partition coefficient (Wildman–Crippen LogP) is 0.349. The van der Waals surface area contributed by atoms with Crippen molar-refractivity contribution in [2.75, 3.05) is 13.6 Å². The lowest BCUT2D eigenvalue weighted by Crippen LogP contribution is -1.97. The molecule has 0 atom stereocenters. The maximum absolute atomic E-state index is 3.59. The van der Waals surface area contributed by atoms with Crippen molar-refractivity contribution in [3.8, 4) is 0 Å². The van der Waals surface area contributed by atoms with E-state index < -0.39 is 0 Å². The number of hydrogen-bond acceptors (Lipinski definition) is 0. The summed E-state index contributed by atoms with van der Waals surface area (Å²) in [7, 11) is 1.94. The molecule has 0 aromatic carbocycles. The van der Waals surface area contributed by atoms with E-state index in [1.807, 2.05) is 11.6 Å². The molecule has 0 spiro atoms. The Bertz CT molecular complexity index is 38.9. The van der Waals surface area contributed by atoms with Crippen molar-refractivity contribution in [1.29, 1.82) is 0 Å². The zero-order valence-corrected chi connectivity index (χ0v) is 3.86. The predicted molar refractivity (Wildman–Crippen MR) is 23.8 cm³/mol. The van der Waals surface area contributed by atoms with E-state index in [0.29, 0.717) is 0 Å². The zero-order valence-electron chi connectivity index (χ0n) is 3.86. The Morgan fingerprint density at radius 3 is 2.00 bits per heavy atom. The second-order valence-electron chi connectivity index (χ2n) is 1.17. The maximum Gasteiger partial charge on any atom is 0.139 e. The van der Waals surface area contributed by atoms with E-state index in [9.17, 15) is 0 Å². The number of hydrogen-bond donors (Lipinski definition) is 0. The van der Waals surface area contributed by atoms with Crippen LogP contribution in [-0.4, -0.2) is 24.9 Å². The second kappa shape index (κ2) is 1.94. The molecule has 0 aromatic rings. The topological polar surface area (TPSA) is 3.01 Å². The molecule has 0 aliphatic heterocycles. The van der Waals surface area contributed by atoms with E-state index in [1.165, 1.54) is 0 Å². The van der Waals surface area contributed by atoms with Gasteiger partial charge in [-0.1, -0.05) is 0 Å². The molecule has 0 radical (unpaired) electrons. The molecular formula is C4H10N+. The van der Waals surface area contributed by atoms with E-state index in [0.717, 1.165) is 6.54 Å². The van der Waals surface area contributed by atoms with Crippen molar-refractivity contribution in [2.45, 2.75) is 6.92 Å². The van der Waals surface area contributed by atoms with Crippen LogP contribution in [0.4, 0.5) is 0 Å².